The highest BCUT2D eigenvalue weighted by Gasteiger charge is 2.12. The van der Waals surface area contributed by atoms with Crippen LogP contribution in [0.5, 0.6) is 0 Å². The van der Waals surface area contributed by atoms with E-state index in [1.165, 1.54) is 0 Å². The second-order valence-corrected chi connectivity index (χ2v) is 4.22. The number of carbonyl (C=O) groups is 1. The number of amides is 1. The van der Waals surface area contributed by atoms with Gasteiger partial charge in [-0.1, -0.05) is 18.2 Å². The Balaban J connectivity index is 2.05. The number of carbonyl (C=O) groups excluding carboxylic acids is 1. The lowest BCUT2D eigenvalue weighted by Gasteiger charge is -2.12. The molecule has 4 nitrogen and oxygen atoms in total. The molecule has 1 unspecified atom stereocenters. The van der Waals surface area contributed by atoms with E-state index in [0.717, 1.165) is 10.9 Å². The SMILES string of the molecule is CCOC(C)CNC(=O)c1c[nH]c2ccccc12. The van der Waals surface area contributed by atoms with Crippen molar-refractivity contribution < 1.29 is 9.53 Å². The summed E-state index contributed by atoms with van der Waals surface area (Å²) in [6, 6.07) is 7.76. The maximum atomic E-state index is 12.0. The Morgan fingerprint density at radius 2 is 2.22 bits per heavy atom. The van der Waals surface area contributed by atoms with Gasteiger partial charge >= 0.3 is 0 Å². The molecule has 0 bridgehead atoms. The van der Waals surface area contributed by atoms with Gasteiger partial charge in [-0.25, -0.2) is 0 Å². The van der Waals surface area contributed by atoms with Crippen LogP contribution in [-0.2, 0) is 4.74 Å². The van der Waals surface area contributed by atoms with Crippen molar-refractivity contribution in [1.82, 2.24) is 10.3 Å². The van der Waals surface area contributed by atoms with E-state index < -0.39 is 0 Å². The zero-order chi connectivity index (χ0) is 13.0. The number of benzene rings is 1. The average Bonchev–Trinajstić information content (AvgIpc) is 2.80. The number of hydrogen-bond acceptors (Lipinski definition) is 2. The molecule has 0 aliphatic heterocycles. The molecule has 0 spiro atoms. The van der Waals surface area contributed by atoms with Crippen LogP contribution >= 0.6 is 0 Å². The summed E-state index contributed by atoms with van der Waals surface area (Å²) in [5.41, 5.74) is 1.65. The molecule has 96 valence electrons. The smallest absolute Gasteiger partial charge is 0.253 e. The Kier molecular flexibility index (Phi) is 3.99. The summed E-state index contributed by atoms with van der Waals surface area (Å²) in [5, 5.41) is 3.82. The van der Waals surface area contributed by atoms with Gasteiger partial charge in [0.2, 0.25) is 0 Å². The molecule has 0 aliphatic rings. The fourth-order valence-electron chi connectivity index (χ4n) is 1.93. The van der Waals surface area contributed by atoms with Gasteiger partial charge in [0.25, 0.3) is 5.91 Å². The molecular weight excluding hydrogens is 228 g/mol. The highest BCUT2D eigenvalue weighted by Crippen LogP contribution is 2.17. The van der Waals surface area contributed by atoms with Crippen molar-refractivity contribution in [1.29, 1.82) is 0 Å². The molecule has 0 saturated heterocycles. The maximum absolute atomic E-state index is 12.0. The molecule has 2 rings (SSSR count). The summed E-state index contributed by atoms with van der Waals surface area (Å²) < 4.78 is 5.37. The van der Waals surface area contributed by atoms with E-state index in [4.69, 9.17) is 4.74 Å². The number of para-hydroxylation sites is 1. The number of aromatic nitrogens is 1. The minimum atomic E-state index is -0.0704. The Hall–Kier alpha value is -1.81. The van der Waals surface area contributed by atoms with E-state index >= 15 is 0 Å². The third-order valence-corrected chi connectivity index (χ3v) is 2.84. The van der Waals surface area contributed by atoms with Crippen LogP contribution in [0.4, 0.5) is 0 Å². The number of ether oxygens (including phenoxy) is 1. The molecular formula is C14H18N2O2. The lowest BCUT2D eigenvalue weighted by molar-refractivity contribution is 0.0695. The van der Waals surface area contributed by atoms with E-state index in [0.29, 0.717) is 18.7 Å². The standard InChI is InChI=1S/C14H18N2O2/c1-3-18-10(2)8-16-14(17)12-9-15-13-7-5-4-6-11(12)13/h4-7,9-10,15H,3,8H2,1-2H3,(H,16,17). The molecule has 1 atom stereocenters. The third kappa shape index (κ3) is 2.71. The van der Waals surface area contributed by atoms with Gasteiger partial charge in [-0.05, 0) is 19.9 Å². The van der Waals surface area contributed by atoms with Gasteiger partial charge in [0.05, 0.1) is 11.7 Å². The predicted octanol–water partition coefficient (Wildman–Crippen LogP) is 2.32. The molecule has 18 heavy (non-hydrogen) atoms. The van der Waals surface area contributed by atoms with Crippen LogP contribution in [0.2, 0.25) is 0 Å². The Morgan fingerprint density at radius 1 is 1.44 bits per heavy atom. The molecule has 0 aliphatic carbocycles. The van der Waals surface area contributed by atoms with Crippen LogP contribution in [0.1, 0.15) is 24.2 Å². The average molecular weight is 246 g/mol. The largest absolute Gasteiger partial charge is 0.377 e. The van der Waals surface area contributed by atoms with E-state index in [-0.39, 0.29) is 12.0 Å². The Bertz CT molecular complexity index is 533. The number of nitrogens with one attached hydrogen (secondary N) is 2. The van der Waals surface area contributed by atoms with Crippen molar-refractivity contribution in [2.45, 2.75) is 20.0 Å². The number of aromatic amines is 1. The summed E-state index contributed by atoms with van der Waals surface area (Å²) in [7, 11) is 0. The van der Waals surface area contributed by atoms with Gasteiger partial charge in [0.1, 0.15) is 0 Å². The fourth-order valence-corrected chi connectivity index (χ4v) is 1.93. The van der Waals surface area contributed by atoms with Gasteiger partial charge in [0.15, 0.2) is 0 Å². The van der Waals surface area contributed by atoms with Crippen molar-refractivity contribution in [3.8, 4) is 0 Å². The number of H-pyrrole nitrogens is 1. The van der Waals surface area contributed by atoms with Crippen molar-refractivity contribution in [3.63, 3.8) is 0 Å². The van der Waals surface area contributed by atoms with E-state index in [1.807, 2.05) is 38.1 Å². The summed E-state index contributed by atoms with van der Waals surface area (Å²) in [6.45, 7) is 5.06. The minimum absolute atomic E-state index is 0.0316. The van der Waals surface area contributed by atoms with E-state index in [1.54, 1.807) is 6.20 Å². The van der Waals surface area contributed by atoms with Crippen LogP contribution in [0.3, 0.4) is 0 Å². The first-order valence-corrected chi connectivity index (χ1v) is 6.18. The van der Waals surface area contributed by atoms with Crippen molar-refractivity contribution in [2.75, 3.05) is 13.2 Å². The molecule has 0 radical (unpaired) electrons. The Morgan fingerprint density at radius 3 is 3.00 bits per heavy atom. The topological polar surface area (TPSA) is 54.1 Å². The van der Waals surface area contributed by atoms with Gasteiger partial charge in [-0.2, -0.15) is 0 Å². The number of rotatable bonds is 5. The molecule has 2 aromatic rings. The lowest BCUT2D eigenvalue weighted by atomic mass is 10.1. The predicted molar refractivity (Wildman–Crippen MR) is 71.7 cm³/mol. The third-order valence-electron chi connectivity index (χ3n) is 2.84. The van der Waals surface area contributed by atoms with E-state index in [2.05, 4.69) is 10.3 Å². The highest BCUT2D eigenvalue weighted by molar-refractivity contribution is 6.06. The van der Waals surface area contributed by atoms with Crippen LogP contribution in [-0.4, -0.2) is 30.1 Å². The summed E-state index contributed by atoms with van der Waals surface area (Å²) in [6.07, 6.45) is 1.77. The molecule has 1 amide bonds. The van der Waals surface area contributed by atoms with Crippen molar-refractivity contribution in [3.05, 3.63) is 36.0 Å². The lowest BCUT2D eigenvalue weighted by Crippen LogP contribution is -2.32. The van der Waals surface area contributed by atoms with Crippen LogP contribution in [0.25, 0.3) is 10.9 Å². The van der Waals surface area contributed by atoms with E-state index in [9.17, 15) is 4.79 Å². The van der Waals surface area contributed by atoms with Crippen molar-refractivity contribution >= 4 is 16.8 Å². The molecule has 1 heterocycles. The van der Waals surface area contributed by atoms with Gasteiger partial charge < -0.3 is 15.0 Å². The number of hydrogen-bond donors (Lipinski definition) is 2. The first-order chi connectivity index (χ1) is 8.72. The highest BCUT2D eigenvalue weighted by atomic mass is 16.5. The molecule has 2 N–H and O–H groups in total. The summed E-state index contributed by atoms with van der Waals surface area (Å²) in [4.78, 5) is 15.1. The molecule has 0 saturated carbocycles. The molecule has 0 fully saturated rings. The number of fused-ring (bicyclic) bond motifs is 1. The van der Waals surface area contributed by atoms with Crippen LogP contribution < -0.4 is 5.32 Å². The van der Waals surface area contributed by atoms with Gasteiger partial charge in [-0.3, -0.25) is 4.79 Å². The van der Waals surface area contributed by atoms with Crippen LogP contribution in [0, 0.1) is 0 Å². The first-order valence-electron chi connectivity index (χ1n) is 6.18. The molecule has 1 aromatic heterocycles. The molecule has 1 aromatic carbocycles. The van der Waals surface area contributed by atoms with Gasteiger partial charge in [-0.15, -0.1) is 0 Å². The maximum Gasteiger partial charge on any atom is 0.253 e. The summed E-state index contributed by atoms with van der Waals surface area (Å²) in [5.74, 6) is -0.0704. The fraction of sp³-hybridized carbons (Fsp3) is 0.357. The van der Waals surface area contributed by atoms with Crippen LogP contribution in [0.15, 0.2) is 30.5 Å². The van der Waals surface area contributed by atoms with Crippen molar-refractivity contribution in [2.24, 2.45) is 0 Å². The normalized spacial score (nSPS) is 12.6. The van der Waals surface area contributed by atoms with Gasteiger partial charge in [0, 0.05) is 30.3 Å². The summed E-state index contributed by atoms with van der Waals surface area (Å²) >= 11 is 0. The zero-order valence-corrected chi connectivity index (χ0v) is 10.7. The monoisotopic (exact) mass is 246 g/mol. The second kappa shape index (κ2) is 5.69. The second-order valence-electron chi connectivity index (χ2n) is 4.22. The zero-order valence-electron chi connectivity index (χ0n) is 10.7. The molecule has 4 heteroatoms. The Labute approximate surface area is 106 Å². The quantitative estimate of drug-likeness (QED) is 0.850. The first kappa shape index (κ1) is 12.6. The minimum Gasteiger partial charge on any atom is -0.377 e.